The maximum absolute atomic E-state index is 12.9. The van der Waals surface area contributed by atoms with Gasteiger partial charge in [-0.15, -0.1) is 0 Å². The number of carbonyl (C=O) groups excluding carboxylic acids is 2. The van der Waals surface area contributed by atoms with E-state index in [9.17, 15) is 9.59 Å². The van der Waals surface area contributed by atoms with Crippen LogP contribution in [0.15, 0.2) is 0 Å². The summed E-state index contributed by atoms with van der Waals surface area (Å²) in [4.78, 5) is 25.1. The zero-order valence-electron chi connectivity index (χ0n) is 13.5. The number of esters is 2. The first-order valence-electron chi connectivity index (χ1n) is 9.03. The average molecular weight is 306 g/mol. The van der Waals surface area contributed by atoms with Crippen molar-refractivity contribution in [3.05, 3.63) is 0 Å². The summed E-state index contributed by atoms with van der Waals surface area (Å²) in [6, 6.07) is 0. The molecule has 4 heteroatoms. The Bertz CT molecular complexity index is 493. The lowest BCUT2D eigenvalue weighted by Crippen LogP contribution is -2.42. The highest BCUT2D eigenvalue weighted by molar-refractivity contribution is 5.86. The molecule has 3 saturated carbocycles. The molecule has 0 radical (unpaired) electrons. The van der Waals surface area contributed by atoms with E-state index in [2.05, 4.69) is 13.8 Å². The van der Waals surface area contributed by atoms with E-state index in [1.54, 1.807) is 0 Å². The lowest BCUT2D eigenvalue weighted by atomic mass is 9.73. The number of ether oxygens (including phenoxy) is 2. The zero-order chi connectivity index (χ0) is 15.5. The molecule has 4 rings (SSSR count). The Balaban J connectivity index is 1.57. The third kappa shape index (κ3) is 1.82. The molecule has 6 atom stereocenters. The maximum atomic E-state index is 12.9. The quantitative estimate of drug-likeness (QED) is 0.749. The van der Waals surface area contributed by atoms with Crippen LogP contribution >= 0.6 is 0 Å². The molecule has 0 N–H and O–H groups in total. The van der Waals surface area contributed by atoms with Gasteiger partial charge in [0.1, 0.15) is 11.7 Å². The lowest BCUT2D eigenvalue weighted by molar-refractivity contribution is -0.170. The molecule has 0 spiro atoms. The Labute approximate surface area is 131 Å². The molecule has 4 fully saturated rings. The van der Waals surface area contributed by atoms with Gasteiger partial charge in [0.2, 0.25) is 0 Å². The Morgan fingerprint density at radius 1 is 1.27 bits per heavy atom. The first kappa shape index (κ1) is 14.5. The number of carbonyl (C=O) groups is 2. The Kier molecular flexibility index (Phi) is 3.28. The molecular weight excluding hydrogens is 280 g/mol. The third-order valence-electron chi connectivity index (χ3n) is 6.99. The Morgan fingerprint density at radius 2 is 2.00 bits per heavy atom. The monoisotopic (exact) mass is 306 g/mol. The molecule has 0 amide bonds. The van der Waals surface area contributed by atoms with Crippen LogP contribution in [0, 0.1) is 29.6 Å². The van der Waals surface area contributed by atoms with E-state index in [4.69, 9.17) is 9.47 Å². The summed E-state index contributed by atoms with van der Waals surface area (Å²) in [5.74, 6) is 0.182. The first-order chi connectivity index (χ1) is 10.6. The summed E-state index contributed by atoms with van der Waals surface area (Å²) in [5.41, 5.74) is -0.261. The van der Waals surface area contributed by atoms with E-state index in [1.165, 1.54) is 0 Å². The predicted octanol–water partition coefficient (Wildman–Crippen LogP) is 3.09. The molecule has 6 unspecified atom stereocenters. The standard InChI is InChI=1S/C18H26O4/c1-3-10-11-9-12-14(16(19)21-15(10)12)13(11)17(20)22-18(4-2)7-5-6-8-18/h10-15H,3-9H2,1-2H3. The number of fused-ring (bicyclic) bond motifs is 1. The van der Waals surface area contributed by atoms with Crippen LogP contribution in [-0.2, 0) is 19.1 Å². The number of rotatable bonds is 4. The van der Waals surface area contributed by atoms with Crippen molar-refractivity contribution in [2.24, 2.45) is 29.6 Å². The van der Waals surface area contributed by atoms with Crippen molar-refractivity contribution in [3.63, 3.8) is 0 Å². The van der Waals surface area contributed by atoms with Crippen molar-refractivity contribution in [2.45, 2.75) is 70.5 Å². The Morgan fingerprint density at radius 3 is 2.64 bits per heavy atom. The van der Waals surface area contributed by atoms with Crippen molar-refractivity contribution in [1.82, 2.24) is 0 Å². The van der Waals surface area contributed by atoms with E-state index in [-0.39, 0.29) is 41.4 Å². The highest BCUT2D eigenvalue weighted by Gasteiger charge is 2.68. The van der Waals surface area contributed by atoms with Gasteiger partial charge in [-0.3, -0.25) is 9.59 Å². The highest BCUT2D eigenvalue weighted by Crippen LogP contribution is 2.61. The van der Waals surface area contributed by atoms with Crippen LogP contribution in [0.4, 0.5) is 0 Å². The van der Waals surface area contributed by atoms with Crippen LogP contribution in [0.5, 0.6) is 0 Å². The molecule has 4 aliphatic rings. The van der Waals surface area contributed by atoms with Crippen molar-refractivity contribution in [2.75, 3.05) is 0 Å². The van der Waals surface area contributed by atoms with Gasteiger partial charge < -0.3 is 9.47 Å². The SMILES string of the molecule is CCC1C2CC3C1OC(=O)C3C2C(=O)OC1(CC)CCCC1. The first-order valence-corrected chi connectivity index (χ1v) is 9.03. The molecule has 22 heavy (non-hydrogen) atoms. The van der Waals surface area contributed by atoms with Gasteiger partial charge in [-0.1, -0.05) is 13.8 Å². The highest BCUT2D eigenvalue weighted by atomic mass is 16.6. The van der Waals surface area contributed by atoms with E-state index in [1.807, 2.05) is 0 Å². The second kappa shape index (κ2) is 4.97. The van der Waals surface area contributed by atoms with Gasteiger partial charge >= 0.3 is 11.9 Å². The summed E-state index contributed by atoms with van der Waals surface area (Å²) in [6.07, 6.45) is 7.15. The topological polar surface area (TPSA) is 52.6 Å². The van der Waals surface area contributed by atoms with Crippen LogP contribution in [0.25, 0.3) is 0 Å². The fourth-order valence-electron chi connectivity index (χ4n) is 5.87. The predicted molar refractivity (Wildman–Crippen MR) is 79.8 cm³/mol. The molecule has 0 aromatic carbocycles. The molecule has 0 aromatic heterocycles. The second-order valence-corrected chi connectivity index (χ2v) is 7.75. The summed E-state index contributed by atoms with van der Waals surface area (Å²) in [5, 5.41) is 0. The molecule has 3 aliphatic carbocycles. The number of hydrogen-bond acceptors (Lipinski definition) is 4. The van der Waals surface area contributed by atoms with E-state index >= 15 is 0 Å². The smallest absolute Gasteiger partial charge is 0.310 e. The van der Waals surface area contributed by atoms with E-state index < -0.39 is 0 Å². The Hall–Kier alpha value is -1.06. The van der Waals surface area contributed by atoms with Crippen molar-refractivity contribution in [1.29, 1.82) is 0 Å². The molecule has 1 heterocycles. The molecule has 1 aliphatic heterocycles. The maximum Gasteiger partial charge on any atom is 0.310 e. The van der Waals surface area contributed by atoms with Crippen LogP contribution in [-0.4, -0.2) is 23.6 Å². The summed E-state index contributed by atoms with van der Waals surface area (Å²) >= 11 is 0. The largest absolute Gasteiger partial charge is 0.461 e. The normalized spacial score (nSPS) is 44.4. The van der Waals surface area contributed by atoms with Crippen LogP contribution < -0.4 is 0 Å². The molecule has 2 bridgehead atoms. The minimum atomic E-state index is -0.261. The molecule has 4 nitrogen and oxygen atoms in total. The van der Waals surface area contributed by atoms with Crippen molar-refractivity contribution >= 4 is 11.9 Å². The van der Waals surface area contributed by atoms with Gasteiger partial charge in [0.05, 0.1) is 11.8 Å². The van der Waals surface area contributed by atoms with Gasteiger partial charge in [-0.2, -0.15) is 0 Å². The van der Waals surface area contributed by atoms with Crippen LogP contribution in [0.1, 0.15) is 58.8 Å². The summed E-state index contributed by atoms with van der Waals surface area (Å²) < 4.78 is 11.6. The minimum absolute atomic E-state index is 0.0724. The van der Waals surface area contributed by atoms with Gasteiger partial charge in [-0.25, -0.2) is 0 Å². The van der Waals surface area contributed by atoms with Gasteiger partial charge in [0.15, 0.2) is 0 Å². The lowest BCUT2D eigenvalue weighted by Gasteiger charge is -2.34. The van der Waals surface area contributed by atoms with Gasteiger partial charge in [0, 0.05) is 5.92 Å². The molecule has 0 aromatic rings. The van der Waals surface area contributed by atoms with Gasteiger partial charge in [0.25, 0.3) is 0 Å². The van der Waals surface area contributed by atoms with E-state index in [0.717, 1.165) is 44.9 Å². The van der Waals surface area contributed by atoms with Crippen LogP contribution in [0.3, 0.4) is 0 Å². The molecule has 1 saturated heterocycles. The number of hydrogen-bond donors (Lipinski definition) is 0. The van der Waals surface area contributed by atoms with Crippen molar-refractivity contribution in [3.8, 4) is 0 Å². The van der Waals surface area contributed by atoms with E-state index in [0.29, 0.717) is 11.8 Å². The fraction of sp³-hybridized carbons (Fsp3) is 0.889. The van der Waals surface area contributed by atoms with Crippen LogP contribution in [0.2, 0.25) is 0 Å². The van der Waals surface area contributed by atoms with Gasteiger partial charge in [-0.05, 0) is 56.8 Å². The minimum Gasteiger partial charge on any atom is -0.461 e. The summed E-state index contributed by atoms with van der Waals surface area (Å²) in [6.45, 7) is 4.24. The molecule has 122 valence electrons. The third-order valence-corrected chi connectivity index (χ3v) is 6.99. The van der Waals surface area contributed by atoms with Crippen molar-refractivity contribution < 1.29 is 19.1 Å². The fourth-order valence-corrected chi connectivity index (χ4v) is 5.87. The average Bonchev–Trinajstić information content (AvgIpc) is 3.22. The molecular formula is C18H26O4. The second-order valence-electron chi connectivity index (χ2n) is 7.75. The zero-order valence-corrected chi connectivity index (χ0v) is 13.5. The summed E-state index contributed by atoms with van der Waals surface area (Å²) in [7, 11) is 0.